The summed E-state index contributed by atoms with van der Waals surface area (Å²) >= 11 is 0. The smallest absolute Gasteiger partial charge is 0.308 e. The van der Waals surface area contributed by atoms with E-state index in [0.29, 0.717) is 0 Å². The molecular weight excluding hydrogens is 156 g/mol. The van der Waals surface area contributed by atoms with Crippen molar-refractivity contribution in [3.8, 4) is 0 Å². The van der Waals surface area contributed by atoms with Crippen molar-refractivity contribution in [1.82, 2.24) is 0 Å². The van der Waals surface area contributed by atoms with Crippen LogP contribution in [0.5, 0.6) is 0 Å². The molecule has 0 amide bonds. The van der Waals surface area contributed by atoms with Gasteiger partial charge in [0.05, 0.1) is 12.0 Å². The van der Waals surface area contributed by atoms with Crippen LogP contribution >= 0.6 is 0 Å². The van der Waals surface area contributed by atoms with Crippen LogP contribution in [-0.4, -0.2) is 18.7 Å². The summed E-state index contributed by atoms with van der Waals surface area (Å²) in [4.78, 5) is 11.0. The lowest BCUT2D eigenvalue weighted by atomic mass is 10.2. The molecule has 0 aliphatic carbocycles. The van der Waals surface area contributed by atoms with Gasteiger partial charge in [-0.3, -0.25) is 4.79 Å². The van der Waals surface area contributed by atoms with Crippen LogP contribution in [0, 0.1) is 12.5 Å². The van der Waals surface area contributed by atoms with Gasteiger partial charge < -0.3 is 9.47 Å². The lowest BCUT2D eigenvalue weighted by molar-refractivity contribution is -0.145. The van der Waals surface area contributed by atoms with E-state index in [0.717, 1.165) is 19.4 Å². The van der Waals surface area contributed by atoms with Gasteiger partial charge in [0.25, 0.3) is 0 Å². The summed E-state index contributed by atoms with van der Waals surface area (Å²) in [5, 5.41) is 0. The number of hydrogen-bond donors (Lipinski definition) is 0. The van der Waals surface area contributed by atoms with Crippen LogP contribution in [0.25, 0.3) is 0 Å². The van der Waals surface area contributed by atoms with Crippen LogP contribution in [0.4, 0.5) is 0 Å². The van der Waals surface area contributed by atoms with Crippen LogP contribution in [0.1, 0.15) is 26.7 Å². The van der Waals surface area contributed by atoms with Crippen molar-refractivity contribution in [1.29, 1.82) is 0 Å². The molecule has 1 heterocycles. The van der Waals surface area contributed by atoms with Crippen LogP contribution in [0.15, 0.2) is 0 Å². The number of ether oxygens (including phenoxy) is 2. The molecule has 1 radical (unpaired) electrons. The number of carbonyl (C=O) groups is 1. The molecule has 12 heavy (non-hydrogen) atoms. The first-order valence-electron chi connectivity index (χ1n) is 4.35. The second-order valence-electron chi connectivity index (χ2n) is 3.28. The lowest BCUT2D eigenvalue weighted by Crippen LogP contribution is -2.16. The van der Waals surface area contributed by atoms with Gasteiger partial charge in [-0.15, -0.1) is 0 Å². The first-order valence-corrected chi connectivity index (χ1v) is 4.35. The Labute approximate surface area is 73.0 Å². The van der Waals surface area contributed by atoms with Crippen molar-refractivity contribution in [3.63, 3.8) is 0 Å². The fraction of sp³-hybridized carbons (Fsp3) is 0.778. The van der Waals surface area contributed by atoms with E-state index in [-0.39, 0.29) is 18.0 Å². The summed E-state index contributed by atoms with van der Waals surface area (Å²) in [6.07, 6.45) is 2.04. The Morgan fingerprint density at radius 1 is 1.67 bits per heavy atom. The fourth-order valence-electron chi connectivity index (χ4n) is 0.989. The van der Waals surface area contributed by atoms with Gasteiger partial charge in [0, 0.05) is 6.61 Å². The summed E-state index contributed by atoms with van der Waals surface area (Å²) in [5.41, 5.74) is 0. The normalized spacial score (nSPS) is 23.1. The van der Waals surface area contributed by atoms with E-state index in [1.54, 1.807) is 0 Å². The van der Waals surface area contributed by atoms with E-state index in [9.17, 15) is 4.79 Å². The molecule has 1 aliphatic rings. The minimum atomic E-state index is -0.189. The second-order valence-corrected chi connectivity index (χ2v) is 3.28. The third-order valence-corrected chi connectivity index (χ3v) is 1.77. The van der Waals surface area contributed by atoms with Crippen LogP contribution < -0.4 is 0 Å². The molecule has 0 N–H and O–H groups in total. The average Bonchev–Trinajstić information content (AvgIpc) is 2.51. The average molecular weight is 171 g/mol. The molecule has 1 rings (SSSR count). The zero-order chi connectivity index (χ0) is 8.97. The standard InChI is InChI=1S/C9H15O3/c1-7(2)9(10)12-6-8-4-3-5-11-8/h6-8H,3-5H2,1-2H3. The number of esters is 1. The minimum absolute atomic E-state index is 0.0210. The van der Waals surface area contributed by atoms with Gasteiger partial charge in [0.1, 0.15) is 0 Å². The Kier molecular flexibility index (Phi) is 3.53. The van der Waals surface area contributed by atoms with E-state index in [2.05, 4.69) is 0 Å². The van der Waals surface area contributed by atoms with Crippen molar-refractivity contribution >= 4 is 5.97 Å². The molecule has 1 fully saturated rings. The molecule has 3 heteroatoms. The monoisotopic (exact) mass is 171 g/mol. The molecule has 0 aromatic heterocycles. The van der Waals surface area contributed by atoms with Crippen molar-refractivity contribution in [2.75, 3.05) is 6.61 Å². The van der Waals surface area contributed by atoms with Gasteiger partial charge in [-0.05, 0) is 12.8 Å². The van der Waals surface area contributed by atoms with Crippen molar-refractivity contribution in [3.05, 3.63) is 6.61 Å². The molecule has 0 bridgehead atoms. The molecular formula is C9H15O3. The molecule has 1 atom stereocenters. The maximum atomic E-state index is 11.0. The van der Waals surface area contributed by atoms with E-state index in [4.69, 9.17) is 9.47 Å². The molecule has 69 valence electrons. The SMILES string of the molecule is CC(C)C(=O)O[CH]C1CCCO1. The van der Waals surface area contributed by atoms with Crippen molar-refractivity contribution in [2.45, 2.75) is 32.8 Å². The third kappa shape index (κ3) is 2.81. The van der Waals surface area contributed by atoms with Crippen LogP contribution in [0.2, 0.25) is 0 Å². The molecule has 0 saturated carbocycles. The quantitative estimate of drug-likeness (QED) is 0.604. The second kappa shape index (κ2) is 4.45. The highest BCUT2D eigenvalue weighted by atomic mass is 16.6. The number of carbonyl (C=O) groups excluding carboxylic acids is 1. The first-order chi connectivity index (χ1) is 5.70. The maximum Gasteiger partial charge on any atom is 0.308 e. The summed E-state index contributed by atoms with van der Waals surface area (Å²) in [5.74, 6) is -0.256. The fourth-order valence-corrected chi connectivity index (χ4v) is 0.989. The Balaban J connectivity index is 2.12. The minimum Gasteiger partial charge on any atom is -0.455 e. The van der Waals surface area contributed by atoms with Crippen molar-refractivity contribution in [2.24, 2.45) is 5.92 Å². The summed E-state index contributed by atoms with van der Waals surface area (Å²) < 4.78 is 10.1. The van der Waals surface area contributed by atoms with Crippen LogP contribution in [-0.2, 0) is 14.3 Å². The molecule has 1 aliphatic heterocycles. The highest BCUT2D eigenvalue weighted by Gasteiger charge is 2.19. The van der Waals surface area contributed by atoms with Gasteiger partial charge in [-0.1, -0.05) is 13.8 Å². The maximum absolute atomic E-state index is 11.0. The van der Waals surface area contributed by atoms with Crippen molar-refractivity contribution < 1.29 is 14.3 Å². The van der Waals surface area contributed by atoms with Crippen LogP contribution in [0.3, 0.4) is 0 Å². The number of rotatable bonds is 3. The number of hydrogen-bond acceptors (Lipinski definition) is 3. The summed E-state index contributed by atoms with van der Waals surface area (Å²) in [7, 11) is 0. The Morgan fingerprint density at radius 2 is 2.42 bits per heavy atom. The Morgan fingerprint density at radius 3 is 2.92 bits per heavy atom. The predicted octanol–water partition coefficient (Wildman–Crippen LogP) is 1.53. The zero-order valence-corrected chi connectivity index (χ0v) is 7.58. The molecule has 1 unspecified atom stereocenters. The lowest BCUT2D eigenvalue weighted by Gasteiger charge is -2.10. The van der Waals surface area contributed by atoms with E-state index >= 15 is 0 Å². The van der Waals surface area contributed by atoms with Gasteiger partial charge >= 0.3 is 5.97 Å². The van der Waals surface area contributed by atoms with E-state index in [1.807, 2.05) is 13.8 Å². The first kappa shape index (κ1) is 9.52. The van der Waals surface area contributed by atoms with E-state index < -0.39 is 0 Å². The van der Waals surface area contributed by atoms with E-state index in [1.165, 1.54) is 6.61 Å². The molecule has 0 aromatic rings. The topological polar surface area (TPSA) is 35.5 Å². The third-order valence-electron chi connectivity index (χ3n) is 1.77. The van der Waals surface area contributed by atoms with Gasteiger partial charge in [-0.25, -0.2) is 0 Å². The van der Waals surface area contributed by atoms with Gasteiger partial charge in [-0.2, -0.15) is 0 Å². The summed E-state index contributed by atoms with van der Waals surface area (Å²) in [6, 6.07) is 0. The highest BCUT2D eigenvalue weighted by molar-refractivity contribution is 5.71. The highest BCUT2D eigenvalue weighted by Crippen LogP contribution is 2.15. The van der Waals surface area contributed by atoms with Gasteiger partial charge in [0.2, 0.25) is 0 Å². The largest absolute Gasteiger partial charge is 0.455 e. The molecule has 1 saturated heterocycles. The Hall–Kier alpha value is -0.570. The molecule has 0 spiro atoms. The Bertz CT molecular complexity index is 148. The summed E-state index contributed by atoms with van der Waals surface area (Å²) in [6.45, 7) is 5.91. The predicted molar refractivity (Wildman–Crippen MR) is 44.2 cm³/mol. The zero-order valence-electron chi connectivity index (χ0n) is 7.58. The van der Waals surface area contributed by atoms with Gasteiger partial charge in [0.15, 0.2) is 6.61 Å². The molecule has 3 nitrogen and oxygen atoms in total. The molecule has 0 aromatic carbocycles.